The number of aromatic nitrogens is 1. The third-order valence-corrected chi connectivity index (χ3v) is 4.18. The van der Waals surface area contributed by atoms with E-state index in [2.05, 4.69) is 10.2 Å². The number of pyridine rings is 1. The Labute approximate surface area is 162 Å². The number of unbranched alkanes of at least 4 members (excludes halogenated alkanes) is 1. The summed E-state index contributed by atoms with van der Waals surface area (Å²) in [5, 5.41) is 27.3. The number of aromatic hydroxyl groups is 1. The number of nitriles is 1. The third kappa shape index (κ3) is 4.43. The first kappa shape index (κ1) is 20.8. The van der Waals surface area contributed by atoms with Gasteiger partial charge in [-0.2, -0.15) is 10.4 Å². The molecule has 0 saturated carbocycles. The summed E-state index contributed by atoms with van der Waals surface area (Å²) in [5.41, 5.74) is 0.528. The highest BCUT2D eigenvalue weighted by Crippen LogP contribution is 2.26. The first-order valence-corrected chi connectivity index (χ1v) is 8.99. The van der Waals surface area contributed by atoms with Gasteiger partial charge in [-0.15, -0.1) is 5.11 Å². The van der Waals surface area contributed by atoms with E-state index in [-0.39, 0.29) is 29.2 Å². The van der Waals surface area contributed by atoms with Gasteiger partial charge in [-0.3, -0.25) is 9.36 Å². The topological polar surface area (TPSA) is 117 Å². The first-order chi connectivity index (χ1) is 13.4. The maximum absolute atomic E-state index is 12.5. The average Bonchev–Trinajstić information content (AvgIpc) is 2.69. The molecule has 0 atom stereocenters. The van der Waals surface area contributed by atoms with Gasteiger partial charge in [-0.05, 0) is 44.5 Å². The minimum Gasteiger partial charge on any atom is -0.493 e. The van der Waals surface area contributed by atoms with Crippen LogP contribution in [0.15, 0.2) is 39.3 Å². The van der Waals surface area contributed by atoms with Crippen molar-refractivity contribution in [2.24, 2.45) is 10.2 Å². The Bertz CT molecular complexity index is 985. The van der Waals surface area contributed by atoms with Crippen LogP contribution < -0.4 is 5.56 Å². The van der Waals surface area contributed by atoms with Crippen LogP contribution in [0.2, 0.25) is 0 Å². The maximum atomic E-state index is 12.5. The molecule has 1 heterocycles. The number of hydrogen-bond donors (Lipinski definition) is 1. The summed E-state index contributed by atoms with van der Waals surface area (Å²) in [5.74, 6) is -0.784. The van der Waals surface area contributed by atoms with E-state index in [1.54, 1.807) is 31.2 Å². The minimum absolute atomic E-state index is 0.0134. The number of carbonyl (C=O) groups is 1. The molecule has 0 aliphatic heterocycles. The lowest BCUT2D eigenvalue weighted by atomic mass is 10.1. The van der Waals surface area contributed by atoms with Crippen molar-refractivity contribution in [1.29, 1.82) is 5.26 Å². The van der Waals surface area contributed by atoms with E-state index in [1.807, 2.05) is 13.0 Å². The molecule has 1 aromatic carbocycles. The molecule has 0 spiro atoms. The Kier molecular flexibility index (Phi) is 7.04. The van der Waals surface area contributed by atoms with Crippen molar-refractivity contribution in [3.8, 4) is 11.9 Å². The molecule has 8 heteroatoms. The van der Waals surface area contributed by atoms with Crippen molar-refractivity contribution in [2.75, 3.05) is 6.61 Å². The van der Waals surface area contributed by atoms with E-state index in [0.717, 1.165) is 17.4 Å². The molecule has 0 saturated heterocycles. The second-order valence-corrected chi connectivity index (χ2v) is 6.07. The predicted molar refractivity (Wildman–Crippen MR) is 103 cm³/mol. The van der Waals surface area contributed by atoms with Crippen LogP contribution in [0.3, 0.4) is 0 Å². The molecule has 0 aliphatic carbocycles. The van der Waals surface area contributed by atoms with Gasteiger partial charge in [0.2, 0.25) is 5.88 Å². The zero-order valence-electron chi connectivity index (χ0n) is 16.1. The molecule has 8 nitrogen and oxygen atoms in total. The Morgan fingerprint density at radius 3 is 2.50 bits per heavy atom. The molecule has 1 N–H and O–H groups in total. The summed E-state index contributed by atoms with van der Waals surface area (Å²) >= 11 is 0. The fourth-order valence-electron chi connectivity index (χ4n) is 2.51. The SMILES string of the molecule is CCCCOC(=O)c1ccc(N=Nc2c(C)c(C#N)c(O)n(CC)c2=O)cc1. The molecular formula is C20H22N4O4. The minimum atomic E-state index is -0.531. The smallest absolute Gasteiger partial charge is 0.338 e. The van der Waals surface area contributed by atoms with Gasteiger partial charge < -0.3 is 9.84 Å². The summed E-state index contributed by atoms with van der Waals surface area (Å²) in [6.45, 7) is 5.79. The Hall–Kier alpha value is -3.47. The van der Waals surface area contributed by atoms with Crippen LogP contribution in [-0.4, -0.2) is 22.2 Å². The first-order valence-electron chi connectivity index (χ1n) is 8.99. The van der Waals surface area contributed by atoms with E-state index >= 15 is 0 Å². The number of hydrogen-bond acceptors (Lipinski definition) is 7. The fraction of sp³-hybridized carbons (Fsp3) is 0.350. The molecule has 28 heavy (non-hydrogen) atoms. The van der Waals surface area contributed by atoms with Crippen LogP contribution in [0.1, 0.15) is 48.2 Å². The summed E-state index contributed by atoms with van der Waals surface area (Å²) in [7, 11) is 0. The van der Waals surface area contributed by atoms with E-state index in [4.69, 9.17) is 4.74 Å². The van der Waals surface area contributed by atoms with Crippen molar-refractivity contribution >= 4 is 17.3 Å². The quantitative estimate of drug-likeness (QED) is 0.439. The van der Waals surface area contributed by atoms with Crippen molar-refractivity contribution in [1.82, 2.24) is 4.57 Å². The van der Waals surface area contributed by atoms with Crippen LogP contribution in [0.25, 0.3) is 0 Å². The molecule has 0 unspecified atom stereocenters. The van der Waals surface area contributed by atoms with Gasteiger partial charge in [-0.1, -0.05) is 13.3 Å². The largest absolute Gasteiger partial charge is 0.493 e. The number of carbonyl (C=O) groups excluding carboxylic acids is 1. The summed E-state index contributed by atoms with van der Waals surface area (Å²) < 4.78 is 6.20. The number of rotatable bonds is 7. The Balaban J connectivity index is 2.28. The van der Waals surface area contributed by atoms with E-state index in [9.17, 15) is 20.0 Å². The zero-order valence-corrected chi connectivity index (χ0v) is 16.1. The number of esters is 1. The molecule has 1 aromatic heterocycles. The summed E-state index contributed by atoms with van der Waals surface area (Å²) in [6, 6.07) is 8.18. The Morgan fingerprint density at radius 2 is 1.93 bits per heavy atom. The molecule has 0 bridgehead atoms. The highest BCUT2D eigenvalue weighted by molar-refractivity contribution is 5.89. The molecule has 0 radical (unpaired) electrons. The van der Waals surface area contributed by atoms with Gasteiger partial charge in [0.1, 0.15) is 11.6 Å². The predicted octanol–water partition coefficient (Wildman–Crippen LogP) is 4.13. The lowest BCUT2D eigenvalue weighted by Gasteiger charge is -2.10. The van der Waals surface area contributed by atoms with Gasteiger partial charge in [0.25, 0.3) is 5.56 Å². The number of nitrogens with zero attached hydrogens (tertiary/aromatic N) is 4. The van der Waals surface area contributed by atoms with E-state index in [1.165, 1.54) is 6.92 Å². The van der Waals surface area contributed by atoms with Crippen LogP contribution in [-0.2, 0) is 11.3 Å². The normalized spacial score (nSPS) is 10.8. The second kappa shape index (κ2) is 9.46. The number of benzene rings is 1. The molecular weight excluding hydrogens is 360 g/mol. The molecule has 2 aromatic rings. The van der Waals surface area contributed by atoms with Crippen molar-refractivity contribution in [3.63, 3.8) is 0 Å². The summed E-state index contributed by atoms with van der Waals surface area (Å²) in [6.07, 6.45) is 1.75. The third-order valence-electron chi connectivity index (χ3n) is 4.18. The molecule has 146 valence electrons. The van der Waals surface area contributed by atoms with Crippen LogP contribution in [0.5, 0.6) is 5.88 Å². The van der Waals surface area contributed by atoms with Crippen molar-refractivity contribution in [3.05, 3.63) is 51.3 Å². The van der Waals surface area contributed by atoms with Crippen LogP contribution in [0, 0.1) is 18.3 Å². The molecule has 0 aliphatic rings. The van der Waals surface area contributed by atoms with Gasteiger partial charge in [0, 0.05) is 12.1 Å². The van der Waals surface area contributed by atoms with E-state index in [0.29, 0.717) is 17.9 Å². The summed E-state index contributed by atoms with van der Waals surface area (Å²) in [4.78, 5) is 24.4. The van der Waals surface area contributed by atoms with Crippen molar-refractivity contribution in [2.45, 2.75) is 40.2 Å². The Morgan fingerprint density at radius 1 is 1.25 bits per heavy atom. The van der Waals surface area contributed by atoms with Gasteiger partial charge in [0.05, 0.1) is 17.9 Å². The number of azo groups is 1. The second-order valence-electron chi connectivity index (χ2n) is 6.07. The lowest BCUT2D eigenvalue weighted by Crippen LogP contribution is -2.20. The molecule has 0 amide bonds. The monoisotopic (exact) mass is 382 g/mol. The fourth-order valence-corrected chi connectivity index (χ4v) is 2.51. The van der Waals surface area contributed by atoms with E-state index < -0.39 is 11.5 Å². The molecule has 2 rings (SSSR count). The average molecular weight is 382 g/mol. The standard InChI is InChI=1S/C20H22N4O4/c1-4-6-11-28-20(27)14-7-9-15(10-8-14)22-23-17-13(3)16(12-21)18(25)24(5-2)19(17)26/h7-10,25H,4-6,11H2,1-3H3. The molecule has 0 fully saturated rings. The van der Waals surface area contributed by atoms with Crippen LogP contribution >= 0.6 is 0 Å². The maximum Gasteiger partial charge on any atom is 0.338 e. The van der Waals surface area contributed by atoms with Gasteiger partial charge in [-0.25, -0.2) is 4.79 Å². The van der Waals surface area contributed by atoms with Gasteiger partial charge >= 0.3 is 5.97 Å². The highest BCUT2D eigenvalue weighted by Gasteiger charge is 2.18. The number of ether oxygens (including phenoxy) is 1. The van der Waals surface area contributed by atoms with Crippen molar-refractivity contribution < 1.29 is 14.6 Å². The van der Waals surface area contributed by atoms with Gasteiger partial charge in [0.15, 0.2) is 5.69 Å². The lowest BCUT2D eigenvalue weighted by molar-refractivity contribution is 0.0500. The van der Waals surface area contributed by atoms with Crippen LogP contribution in [0.4, 0.5) is 11.4 Å². The highest BCUT2D eigenvalue weighted by atomic mass is 16.5. The zero-order chi connectivity index (χ0) is 20.7.